The average Bonchev–Trinajstić information content (AvgIpc) is 3.34. The summed E-state index contributed by atoms with van der Waals surface area (Å²) in [5.74, 6) is -0.278. The number of thiophene rings is 1. The van der Waals surface area contributed by atoms with Crippen molar-refractivity contribution in [1.29, 1.82) is 0 Å². The van der Waals surface area contributed by atoms with Crippen molar-refractivity contribution in [1.82, 2.24) is 20.1 Å². The van der Waals surface area contributed by atoms with Crippen molar-refractivity contribution in [2.75, 3.05) is 6.54 Å². The molecule has 0 radical (unpaired) electrons. The molecular formula is C21H19ClN4O2S. The largest absolute Gasteiger partial charge is 0.387 e. The molecule has 0 aliphatic heterocycles. The van der Waals surface area contributed by atoms with E-state index in [4.69, 9.17) is 16.6 Å². The van der Waals surface area contributed by atoms with Crippen molar-refractivity contribution < 1.29 is 9.90 Å². The van der Waals surface area contributed by atoms with Crippen LogP contribution in [-0.4, -0.2) is 32.3 Å². The van der Waals surface area contributed by atoms with Gasteiger partial charge >= 0.3 is 0 Å². The smallest absolute Gasteiger partial charge is 0.252 e. The zero-order chi connectivity index (χ0) is 20.5. The number of aryl methyl sites for hydroxylation is 2. The van der Waals surface area contributed by atoms with Gasteiger partial charge in [-0.3, -0.25) is 9.48 Å². The fourth-order valence-electron chi connectivity index (χ4n) is 3.26. The maximum atomic E-state index is 13.0. The van der Waals surface area contributed by atoms with Gasteiger partial charge in [0.2, 0.25) is 0 Å². The van der Waals surface area contributed by atoms with Gasteiger partial charge in [0.15, 0.2) is 5.65 Å². The molecule has 1 amide bonds. The van der Waals surface area contributed by atoms with Gasteiger partial charge in [0, 0.05) is 18.6 Å². The molecule has 4 aromatic rings. The number of hydrogen-bond acceptors (Lipinski definition) is 5. The number of carbonyl (C=O) groups excluding carboxylic acids is 1. The van der Waals surface area contributed by atoms with Crippen LogP contribution < -0.4 is 5.32 Å². The minimum atomic E-state index is -0.833. The summed E-state index contributed by atoms with van der Waals surface area (Å²) in [5, 5.41) is 20.9. The van der Waals surface area contributed by atoms with E-state index in [9.17, 15) is 9.90 Å². The summed E-state index contributed by atoms with van der Waals surface area (Å²) >= 11 is 7.45. The van der Waals surface area contributed by atoms with E-state index in [0.717, 1.165) is 16.3 Å². The van der Waals surface area contributed by atoms with Crippen molar-refractivity contribution in [2.45, 2.75) is 13.0 Å². The summed E-state index contributed by atoms with van der Waals surface area (Å²) in [6.45, 7) is 1.94. The second kappa shape index (κ2) is 7.94. The number of aliphatic hydroxyl groups is 1. The van der Waals surface area contributed by atoms with Crippen LogP contribution in [0.3, 0.4) is 0 Å². The van der Waals surface area contributed by atoms with E-state index >= 15 is 0 Å². The Hall–Kier alpha value is -2.74. The van der Waals surface area contributed by atoms with Crippen molar-refractivity contribution in [3.63, 3.8) is 0 Å². The van der Waals surface area contributed by atoms with Gasteiger partial charge in [-0.1, -0.05) is 29.8 Å². The molecule has 1 atom stereocenters. The SMILES string of the molecule is Cc1nn(C)c2nc(-c3cccs3)cc(C(=O)NCC(O)c3ccc(Cl)cc3)c12. The summed E-state index contributed by atoms with van der Waals surface area (Å²) in [6.07, 6.45) is -0.833. The van der Waals surface area contributed by atoms with Gasteiger partial charge in [0.05, 0.1) is 33.3 Å². The Morgan fingerprint density at radius 1 is 1.31 bits per heavy atom. The van der Waals surface area contributed by atoms with Crippen LogP contribution in [0.1, 0.15) is 27.7 Å². The van der Waals surface area contributed by atoms with Gasteiger partial charge in [-0.05, 0) is 42.1 Å². The third-order valence-corrected chi connectivity index (χ3v) is 5.84. The van der Waals surface area contributed by atoms with Gasteiger partial charge in [0.25, 0.3) is 5.91 Å². The van der Waals surface area contributed by atoms with Crippen LogP contribution in [0.2, 0.25) is 5.02 Å². The van der Waals surface area contributed by atoms with E-state index in [-0.39, 0.29) is 12.5 Å². The summed E-state index contributed by atoms with van der Waals surface area (Å²) in [4.78, 5) is 18.7. The van der Waals surface area contributed by atoms with Gasteiger partial charge in [-0.25, -0.2) is 4.98 Å². The van der Waals surface area contributed by atoms with Gasteiger partial charge in [0.1, 0.15) is 0 Å². The van der Waals surface area contributed by atoms with E-state index in [1.54, 1.807) is 46.4 Å². The molecule has 4 rings (SSSR count). The highest BCUT2D eigenvalue weighted by Crippen LogP contribution is 2.29. The van der Waals surface area contributed by atoms with Crippen molar-refractivity contribution in [3.05, 3.63) is 69.7 Å². The summed E-state index contributed by atoms with van der Waals surface area (Å²) in [6, 6.07) is 12.6. The summed E-state index contributed by atoms with van der Waals surface area (Å²) in [7, 11) is 1.81. The van der Waals surface area contributed by atoms with Crippen LogP contribution in [0.15, 0.2) is 47.8 Å². The lowest BCUT2D eigenvalue weighted by Crippen LogP contribution is -2.28. The Balaban J connectivity index is 1.65. The lowest BCUT2D eigenvalue weighted by Gasteiger charge is -2.13. The second-order valence-electron chi connectivity index (χ2n) is 6.72. The number of nitrogens with one attached hydrogen (secondary N) is 1. The number of fused-ring (bicyclic) bond motifs is 1. The minimum absolute atomic E-state index is 0.0813. The van der Waals surface area contributed by atoms with Crippen LogP contribution in [0, 0.1) is 6.92 Å². The number of hydrogen-bond donors (Lipinski definition) is 2. The van der Waals surface area contributed by atoms with Crippen LogP contribution in [0.4, 0.5) is 0 Å². The maximum Gasteiger partial charge on any atom is 0.252 e. The van der Waals surface area contributed by atoms with E-state index in [1.165, 1.54) is 0 Å². The molecule has 0 aliphatic carbocycles. The van der Waals surface area contributed by atoms with Gasteiger partial charge < -0.3 is 10.4 Å². The highest BCUT2D eigenvalue weighted by atomic mass is 35.5. The van der Waals surface area contributed by atoms with Crippen LogP contribution in [-0.2, 0) is 7.05 Å². The molecule has 3 heterocycles. The first kappa shape index (κ1) is 19.6. The number of aromatic nitrogens is 3. The van der Waals surface area contributed by atoms with E-state index in [1.807, 2.05) is 31.5 Å². The second-order valence-corrected chi connectivity index (χ2v) is 8.10. The van der Waals surface area contributed by atoms with E-state index in [0.29, 0.717) is 27.2 Å². The van der Waals surface area contributed by atoms with Gasteiger partial charge in [-0.2, -0.15) is 5.10 Å². The Kier molecular flexibility index (Phi) is 5.36. The number of aliphatic hydroxyl groups excluding tert-OH is 1. The first-order chi connectivity index (χ1) is 13.9. The Morgan fingerprint density at radius 2 is 2.07 bits per heavy atom. The molecule has 0 saturated heterocycles. The molecule has 8 heteroatoms. The topological polar surface area (TPSA) is 80.0 Å². The van der Waals surface area contributed by atoms with Crippen LogP contribution in [0.25, 0.3) is 21.6 Å². The molecule has 0 spiro atoms. The van der Waals surface area contributed by atoms with Crippen LogP contribution in [0.5, 0.6) is 0 Å². The fraction of sp³-hybridized carbons (Fsp3) is 0.190. The molecule has 6 nitrogen and oxygen atoms in total. The lowest BCUT2D eigenvalue weighted by atomic mass is 10.1. The van der Waals surface area contributed by atoms with Crippen molar-refractivity contribution >= 4 is 39.9 Å². The highest BCUT2D eigenvalue weighted by molar-refractivity contribution is 7.13. The van der Waals surface area contributed by atoms with Crippen molar-refractivity contribution in [3.8, 4) is 10.6 Å². The zero-order valence-corrected chi connectivity index (χ0v) is 17.5. The molecule has 0 bridgehead atoms. The third kappa shape index (κ3) is 3.89. The number of halogens is 1. The first-order valence-electron chi connectivity index (χ1n) is 9.04. The predicted octanol–water partition coefficient (Wildman–Crippen LogP) is 4.12. The van der Waals surface area contributed by atoms with E-state index < -0.39 is 6.10 Å². The fourth-order valence-corrected chi connectivity index (χ4v) is 4.07. The molecule has 29 heavy (non-hydrogen) atoms. The molecule has 0 fully saturated rings. The summed E-state index contributed by atoms with van der Waals surface area (Å²) < 4.78 is 1.68. The van der Waals surface area contributed by atoms with E-state index in [2.05, 4.69) is 10.4 Å². The number of pyridine rings is 1. The highest BCUT2D eigenvalue weighted by Gasteiger charge is 2.20. The monoisotopic (exact) mass is 426 g/mol. The number of amides is 1. The quantitative estimate of drug-likeness (QED) is 0.503. The van der Waals surface area contributed by atoms with Crippen LogP contribution >= 0.6 is 22.9 Å². The molecular weight excluding hydrogens is 408 g/mol. The lowest BCUT2D eigenvalue weighted by molar-refractivity contribution is 0.0918. The van der Waals surface area contributed by atoms with Gasteiger partial charge in [-0.15, -0.1) is 11.3 Å². The predicted molar refractivity (Wildman–Crippen MR) is 115 cm³/mol. The zero-order valence-electron chi connectivity index (χ0n) is 15.9. The molecule has 2 N–H and O–H groups in total. The standard InChI is InChI=1S/C21H19ClN4O2S/c1-12-19-15(21(28)23-11-17(27)13-5-7-14(22)8-6-13)10-16(18-4-3-9-29-18)24-20(19)26(2)25-12/h3-10,17,27H,11H2,1-2H3,(H,23,28). The summed E-state index contributed by atoms with van der Waals surface area (Å²) in [5.41, 5.74) is 3.28. The normalized spacial score (nSPS) is 12.3. The Bertz CT molecular complexity index is 1170. The molecule has 0 aliphatic rings. The molecule has 3 aromatic heterocycles. The molecule has 1 aromatic carbocycles. The molecule has 1 unspecified atom stereocenters. The minimum Gasteiger partial charge on any atom is -0.387 e. The maximum absolute atomic E-state index is 13.0. The molecule has 0 saturated carbocycles. The number of nitrogens with zero attached hydrogens (tertiary/aromatic N) is 3. The first-order valence-corrected chi connectivity index (χ1v) is 10.3. The Labute approximate surface area is 176 Å². The average molecular weight is 427 g/mol. The number of rotatable bonds is 5. The third-order valence-electron chi connectivity index (χ3n) is 4.70. The van der Waals surface area contributed by atoms with Crippen molar-refractivity contribution in [2.24, 2.45) is 7.05 Å². The molecule has 148 valence electrons. The number of carbonyl (C=O) groups is 1. The number of benzene rings is 1. The Morgan fingerprint density at radius 3 is 2.76 bits per heavy atom.